The first-order chi connectivity index (χ1) is 7.47. The summed E-state index contributed by atoms with van der Waals surface area (Å²) >= 11 is 5.63. The molecule has 1 atom stereocenters. The van der Waals surface area contributed by atoms with E-state index in [-0.39, 0.29) is 10.7 Å². The molecule has 6 heteroatoms. The Morgan fingerprint density at radius 1 is 1.62 bits per heavy atom. The zero-order valence-corrected chi connectivity index (χ0v) is 9.27. The van der Waals surface area contributed by atoms with Gasteiger partial charge in [-0.1, -0.05) is 24.6 Å². The highest BCUT2D eigenvalue weighted by atomic mass is 35.5. The molecule has 0 amide bonds. The van der Waals surface area contributed by atoms with Crippen molar-refractivity contribution < 1.29 is 14.8 Å². The van der Waals surface area contributed by atoms with Gasteiger partial charge in [0.2, 0.25) is 0 Å². The predicted octanol–water partition coefficient (Wildman–Crippen LogP) is 2.83. The van der Waals surface area contributed by atoms with Gasteiger partial charge in [0.05, 0.1) is 10.8 Å². The maximum absolute atomic E-state index is 10.9. The first-order valence-electron chi connectivity index (χ1n) is 4.64. The number of hydrogen-bond acceptors (Lipinski definition) is 3. The van der Waals surface area contributed by atoms with Crippen LogP contribution in [-0.4, -0.2) is 16.0 Å². The van der Waals surface area contributed by atoms with Crippen LogP contribution in [0.25, 0.3) is 0 Å². The molecular weight excluding hydrogens is 234 g/mol. The molecule has 1 aromatic rings. The Kier molecular flexibility index (Phi) is 3.84. The van der Waals surface area contributed by atoms with Crippen LogP contribution in [0.3, 0.4) is 0 Å². The van der Waals surface area contributed by atoms with Crippen molar-refractivity contribution in [1.82, 2.24) is 0 Å². The van der Waals surface area contributed by atoms with E-state index in [0.29, 0.717) is 12.0 Å². The molecule has 1 aromatic carbocycles. The minimum Gasteiger partial charge on any atom is -0.481 e. The SMILES string of the molecule is CCC(C(=O)O)c1ccc(Cl)c([N+](=O)[O-])c1. The second-order valence-corrected chi connectivity index (χ2v) is 3.67. The van der Waals surface area contributed by atoms with Crippen LogP contribution >= 0.6 is 11.6 Å². The summed E-state index contributed by atoms with van der Waals surface area (Å²) in [6.07, 6.45) is 0.369. The van der Waals surface area contributed by atoms with Crippen molar-refractivity contribution in [1.29, 1.82) is 0 Å². The van der Waals surface area contributed by atoms with Gasteiger partial charge in [-0.2, -0.15) is 0 Å². The Balaban J connectivity index is 3.21. The average Bonchev–Trinajstić information content (AvgIpc) is 2.20. The molecule has 1 rings (SSSR count). The molecule has 0 aliphatic rings. The lowest BCUT2D eigenvalue weighted by atomic mass is 9.96. The molecule has 0 radical (unpaired) electrons. The summed E-state index contributed by atoms with van der Waals surface area (Å²) in [6, 6.07) is 4.06. The van der Waals surface area contributed by atoms with E-state index in [1.165, 1.54) is 18.2 Å². The number of carboxylic acids is 1. The fourth-order valence-corrected chi connectivity index (χ4v) is 1.63. The lowest BCUT2D eigenvalue weighted by molar-refractivity contribution is -0.384. The second kappa shape index (κ2) is 4.94. The quantitative estimate of drug-likeness (QED) is 0.651. The van der Waals surface area contributed by atoms with Gasteiger partial charge in [0.15, 0.2) is 0 Å². The lowest BCUT2D eigenvalue weighted by Crippen LogP contribution is -2.10. The number of nitro benzene ring substituents is 1. The minimum absolute atomic E-state index is 0.00833. The Labute approximate surface area is 96.8 Å². The highest BCUT2D eigenvalue weighted by Crippen LogP contribution is 2.29. The summed E-state index contributed by atoms with van der Waals surface area (Å²) in [5.41, 5.74) is 0.130. The van der Waals surface area contributed by atoms with Gasteiger partial charge in [0.25, 0.3) is 5.69 Å². The summed E-state index contributed by atoms with van der Waals surface area (Å²) in [6.45, 7) is 1.71. The van der Waals surface area contributed by atoms with Gasteiger partial charge in [0, 0.05) is 6.07 Å². The Morgan fingerprint density at radius 2 is 2.25 bits per heavy atom. The van der Waals surface area contributed by atoms with Gasteiger partial charge in [0.1, 0.15) is 5.02 Å². The molecule has 16 heavy (non-hydrogen) atoms. The van der Waals surface area contributed by atoms with Crippen molar-refractivity contribution in [3.63, 3.8) is 0 Å². The van der Waals surface area contributed by atoms with Gasteiger partial charge in [-0.05, 0) is 18.1 Å². The molecule has 0 bridgehead atoms. The van der Waals surface area contributed by atoms with Gasteiger partial charge < -0.3 is 5.11 Å². The smallest absolute Gasteiger partial charge is 0.310 e. The average molecular weight is 244 g/mol. The zero-order valence-electron chi connectivity index (χ0n) is 8.51. The van der Waals surface area contributed by atoms with Crippen molar-refractivity contribution in [2.45, 2.75) is 19.3 Å². The number of aliphatic carboxylic acids is 1. The molecule has 0 fully saturated rings. The summed E-state index contributed by atoms with van der Waals surface area (Å²) in [4.78, 5) is 20.9. The number of hydrogen-bond donors (Lipinski definition) is 1. The van der Waals surface area contributed by atoms with Crippen LogP contribution in [0.1, 0.15) is 24.8 Å². The van der Waals surface area contributed by atoms with Gasteiger partial charge in [-0.25, -0.2) is 0 Å². The number of carbonyl (C=O) groups is 1. The molecular formula is C10H10ClNO4. The van der Waals surface area contributed by atoms with E-state index >= 15 is 0 Å². The van der Waals surface area contributed by atoms with Crippen molar-refractivity contribution in [3.05, 3.63) is 38.9 Å². The molecule has 5 nitrogen and oxygen atoms in total. The molecule has 0 spiro atoms. The Bertz CT molecular complexity index is 433. The molecule has 0 aliphatic carbocycles. The van der Waals surface area contributed by atoms with E-state index in [2.05, 4.69) is 0 Å². The van der Waals surface area contributed by atoms with Crippen LogP contribution < -0.4 is 0 Å². The normalized spacial score (nSPS) is 12.1. The highest BCUT2D eigenvalue weighted by Gasteiger charge is 2.21. The third-order valence-corrected chi connectivity index (χ3v) is 2.60. The van der Waals surface area contributed by atoms with Crippen LogP contribution in [0.4, 0.5) is 5.69 Å². The van der Waals surface area contributed by atoms with Crippen LogP contribution in [0, 0.1) is 10.1 Å². The largest absolute Gasteiger partial charge is 0.481 e. The van der Waals surface area contributed by atoms with Gasteiger partial charge in [-0.15, -0.1) is 0 Å². The maximum atomic E-state index is 10.9. The highest BCUT2D eigenvalue weighted by molar-refractivity contribution is 6.32. The third-order valence-electron chi connectivity index (χ3n) is 2.28. The third kappa shape index (κ3) is 2.49. The summed E-state index contributed by atoms with van der Waals surface area (Å²) in [5, 5.41) is 19.6. The van der Waals surface area contributed by atoms with Crippen LogP contribution in [0.2, 0.25) is 5.02 Å². The van der Waals surface area contributed by atoms with E-state index in [0.717, 1.165) is 0 Å². The predicted molar refractivity (Wildman–Crippen MR) is 58.8 cm³/mol. The first kappa shape index (κ1) is 12.4. The van der Waals surface area contributed by atoms with Crippen molar-refractivity contribution in [2.75, 3.05) is 0 Å². The van der Waals surface area contributed by atoms with Crippen LogP contribution in [0.15, 0.2) is 18.2 Å². The fraction of sp³-hybridized carbons (Fsp3) is 0.300. The summed E-state index contributed by atoms with van der Waals surface area (Å²) < 4.78 is 0. The number of rotatable bonds is 4. The van der Waals surface area contributed by atoms with E-state index in [9.17, 15) is 14.9 Å². The molecule has 0 aliphatic heterocycles. The minimum atomic E-state index is -1.00. The molecule has 1 N–H and O–H groups in total. The van der Waals surface area contributed by atoms with Crippen molar-refractivity contribution in [2.24, 2.45) is 0 Å². The summed E-state index contributed by atoms with van der Waals surface area (Å²) in [5.74, 6) is -1.74. The molecule has 0 saturated heterocycles. The molecule has 0 saturated carbocycles. The number of halogens is 1. The van der Waals surface area contributed by atoms with E-state index in [4.69, 9.17) is 16.7 Å². The molecule has 86 valence electrons. The second-order valence-electron chi connectivity index (χ2n) is 3.27. The van der Waals surface area contributed by atoms with Crippen LogP contribution in [0.5, 0.6) is 0 Å². The van der Waals surface area contributed by atoms with Crippen LogP contribution in [-0.2, 0) is 4.79 Å². The van der Waals surface area contributed by atoms with E-state index in [1.807, 2.05) is 0 Å². The molecule has 0 heterocycles. The maximum Gasteiger partial charge on any atom is 0.310 e. The van der Waals surface area contributed by atoms with E-state index < -0.39 is 16.8 Å². The van der Waals surface area contributed by atoms with Gasteiger partial charge >= 0.3 is 5.97 Å². The van der Waals surface area contributed by atoms with Crippen molar-refractivity contribution in [3.8, 4) is 0 Å². The number of nitrogens with zero attached hydrogens (tertiary/aromatic N) is 1. The lowest BCUT2D eigenvalue weighted by Gasteiger charge is -2.09. The molecule has 1 unspecified atom stereocenters. The molecule has 0 aromatic heterocycles. The number of benzene rings is 1. The summed E-state index contributed by atoms with van der Waals surface area (Å²) in [7, 11) is 0. The topological polar surface area (TPSA) is 80.4 Å². The standard InChI is InChI=1S/C10H10ClNO4/c1-2-7(10(13)14)6-3-4-8(11)9(5-6)12(15)16/h3-5,7H,2H2,1H3,(H,13,14). The monoisotopic (exact) mass is 243 g/mol. The number of nitro groups is 1. The fourth-order valence-electron chi connectivity index (χ4n) is 1.44. The Hall–Kier alpha value is -1.62. The number of carboxylic acid groups (broad SMARTS) is 1. The Morgan fingerprint density at radius 3 is 2.69 bits per heavy atom. The first-order valence-corrected chi connectivity index (χ1v) is 5.01. The van der Waals surface area contributed by atoms with Crippen molar-refractivity contribution >= 4 is 23.3 Å². The van der Waals surface area contributed by atoms with Gasteiger partial charge in [-0.3, -0.25) is 14.9 Å². The van der Waals surface area contributed by atoms with E-state index in [1.54, 1.807) is 6.92 Å². The zero-order chi connectivity index (χ0) is 12.3.